The third-order valence-electron chi connectivity index (χ3n) is 2.42. The van der Waals surface area contributed by atoms with Crippen molar-refractivity contribution in [2.24, 2.45) is 0 Å². The Hall–Kier alpha value is -1.49. The number of benzene rings is 1. The van der Waals surface area contributed by atoms with Crippen molar-refractivity contribution in [1.29, 1.82) is 0 Å². The van der Waals surface area contributed by atoms with Crippen LogP contribution in [0.25, 0.3) is 0 Å². The molecule has 0 spiro atoms. The molecule has 1 heterocycles. The van der Waals surface area contributed by atoms with E-state index in [-0.39, 0.29) is 17.9 Å². The normalized spacial score (nSPS) is 19.3. The highest BCUT2D eigenvalue weighted by atomic mass is 32.1. The Morgan fingerprint density at radius 3 is 2.94 bits per heavy atom. The number of rotatable bonds is 2. The molecule has 1 aliphatic rings. The van der Waals surface area contributed by atoms with Crippen LogP contribution in [0, 0.1) is 0 Å². The molecule has 84 valence electrons. The summed E-state index contributed by atoms with van der Waals surface area (Å²) in [6.07, 6.45) is 0.353. The lowest BCUT2D eigenvalue weighted by Gasteiger charge is -2.10. The second-order valence-corrected chi connectivity index (χ2v) is 4.25. The molecule has 2 rings (SSSR count). The lowest BCUT2D eigenvalue weighted by Crippen LogP contribution is -2.36. The van der Waals surface area contributed by atoms with Gasteiger partial charge >= 0.3 is 0 Å². The van der Waals surface area contributed by atoms with E-state index in [1.165, 1.54) is 0 Å². The molecule has 1 saturated heterocycles. The van der Waals surface area contributed by atoms with E-state index in [0.717, 1.165) is 4.90 Å². The molecule has 0 bridgehead atoms. The minimum absolute atomic E-state index is 0.0201. The number of hydrogen-bond acceptors (Lipinski definition) is 3. The van der Waals surface area contributed by atoms with E-state index in [9.17, 15) is 9.59 Å². The highest BCUT2D eigenvalue weighted by molar-refractivity contribution is 7.80. The van der Waals surface area contributed by atoms with E-state index in [4.69, 9.17) is 0 Å². The fourth-order valence-electron chi connectivity index (χ4n) is 1.62. The number of carbonyl (C=O) groups excluding carboxylic acids is 2. The van der Waals surface area contributed by atoms with Crippen LogP contribution in [-0.2, 0) is 4.79 Å². The molecule has 1 aromatic rings. The molecule has 1 fully saturated rings. The zero-order valence-electron chi connectivity index (χ0n) is 8.56. The van der Waals surface area contributed by atoms with Gasteiger partial charge in [0, 0.05) is 23.4 Å². The van der Waals surface area contributed by atoms with Gasteiger partial charge in [-0.05, 0) is 18.2 Å². The van der Waals surface area contributed by atoms with Gasteiger partial charge in [-0.15, -0.1) is 12.6 Å². The number of hydrogen-bond donors (Lipinski definition) is 3. The van der Waals surface area contributed by atoms with E-state index in [2.05, 4.69) is 23.3 Å². The van der Waals surface area contributed by atoms with Crippen molar-refractivity contribution in [1.82, 2.24) is 10.6 Å². The summed E-state index contributed by atoms with van der Waals surface area (Å²) in [6, 6.07) is 6.89. The maximum absolute atomic E-state index is 11.8. The van der Waals surface area contributed by atoms with Gasteiger partial charge in [-0.1, -0.05) is 6.07 Å². The summed E-state index contributed by atoms with van der Waals surface area (Å²) in [6.45, 7) is 0.505. The lowest BCUT2D eigenvalue weighted by molar-refractivity contribution is -0.119. The Morgan fingerprint density at radius 1 is 1.50 bits per heavy atom. The van der Waals surface area contributed by atoms with Gasteiger partial charge in [0.1, 0.15) is 0 Å². The number of nitrogens with one attached hydrogen (secondary N) is 2. The first kappa shape index (κ1) is 11.0. The molecule has 0 aliphatic carbocycles. The molecule has 5 heteroatoms. The summed E-state index contributed by atoms with van der Waals surface area (Å²) in [7, 11) is 0. The van der Waals surface area contributed by atoms with Gasteiger partial charge in [0.2, 0.25) is 5.91 Å². The largest absolute Gasteiger partial charge is 0.354 e. The molecule has 1 aliphatic heterocycles. The summed E-state index contributed by atoms with van der Waals surface area (Å²) in [4.78, 5) is 23.5. The van der Waals surface area contributed by atoms with E-state index in [1.807, 2.05) is 0 Å². The van der Waals surface area contributed by atoms with Crippen LogP contribution in [0.1, 0.15) is 16.8 Å². The molecule has 1 unspecified atom stereocenters. The van der Waals surface area contributed by atoms with Crippen molar-refractivity contribution in [3.63, 3.8) is 0 Å². The van der Waals surface area contributed by atoms with E-state index >= 15 is 0 Å². The average Bonchev–Trinajstić information content (AvgIpc) is 2.64. The highest BCUT2D eigenvalue weighted by Crippen LogP contribution is 2.09. The fourth-order valence-corrected chi connectivity index (χ4v) is 1.85. The molecule has 0 radical (unpaired) electrons. The summed E-state index contributed by atoms with van der Waals surface area (Å²) in [5, 5.41) is 5.47. The van der Waals surface area contributed by atoms with Gasteiger partial charge in [-0.25, -0.2) is 0 Å². The predicted molar refractivity (Wildman–Crippen MR) is 62.6 cm³/mol. The predicted octanol–water partition coefficient (Wildman–Crippen LogP) is 0.594. The van der Waals surface area contributed by atoms with Gasteiger partial charge in [0.25, 0.3) is 5.91 Å². The molecule has 0 saturated carbocycles. The van der Waals surface area contributed by atoms with Crippen molar-refractivity contribution in [3.8, 4) is 0 Å². The van der Waals surface area contributed by atoms with Gasteiger partial charge in [0.05, 0.1) is 6.04 Å². The van der Waals surface area contributed by atoms with Crippen LogP contribution in [0.3, 0.4) is 0 Å². The van der Waals surface area contributed by atoms with Crippen LogP contribution in [0.5, 0.6) is 0 Å². The number of carbonyl (C=O) groups is 2. The van der Waals surface area contributed by atoms with Crippen molar-refractivity contribution in [2.45, 2.75) is 17.4 Å². The Labute approximate surface area is 98.8 Å². The summed E-state index contributed by atoms with van der Waals surface area (Å²) in [5.74, 6) is -0.189. The molecular weight excluding hydrogens is 224 g/mol. The quantitative estimate of drug-likeness (QED) is 0.658. The fraction of sp³-hybridized carbons (Fsp3) is 0.273. The minimum Gasteiger partial charge on any atom is -0.354 e. The summed E-state index contributed by atoms with van der Waals surface area (Å²) >= 11 is 4.17. The molecule has 1 aromatic carbocycles. The van der Waals surface area contributed by atoms with Crippen LogP contribution in [0.4, 0.5) is 0 Å². The molecule has 0 aromatic heterocycles. The molecule has 16 heavy (non-hydrogen) atoms. The Bertz CT molecular complexity index is 434. The number of amides is 2. The lowest BCUT2D eigenvalue weighted by atomic mass is 10.2. The molecule has 4 nitrogen and oxygen atoms in total. The van der Waals surface area contributed by atoms with Gasteiger partial charge < -0.3 is 10.6 Å². The topological polar surface area (TPSA) is 58.2 Å². The minimum atomic E-state index is -0.169. The summed E-state index contributed by atoms with van der Waals surface area (Å²) in [5.41, 5.74) is 0.562. The van der Waals surface area contributed by atoms with Crippen LogP contribution < -0.4 is 10.6 Å². The molecular formula is C11H12N2O2S. The highest BCUT2D eigenvalue weighted by Gasteiger charge is 2.23. The van der Waals surface area contributed by atoms with Gasteiger partial charge in [-0.3, -0.25) is 9.59 Å². The van der Waals surface area contributed by atoms with Crippen molar-refractivity contribution < 1.29 is 9.59 Å². The molecule has 2 amide bonds. The SMILES string of the molecule is O=C1CC(NC(=O)c2cccc(S)c2)CN1. The van der Waals surface area contributed by atoms with Crippen LogP contribution in [-0.4, -0.2) is 24.4 Å². The zero-order valence-corrected chi connectivity index (χ0v) is 9.46. The Kier molecular flexibility index (Phi) is 3.14. The first-order valence-electron chi connectivity index (χ1n) is 5.02. The van der Waals surface area contributed by atoms with E-state index < -0.39 is 0 Å². The third kappa shape index (κ3) is 2.55. The maximum Gasteiger partial charge on any atom is 0.251 e. The van der Waals surface area contributed by atoms with Crippen LogP contribution in [0.15, 0.2) is 29.2 Å². The Morgan fingerprint density at radius 2 is 2.31 bits per heavy atom. The van der Waals surface area contributed by atoms with Crippen molar-refractivity contribution >= 4 is 24.4 Å². The van der Waals surface area contributed by atoms with Gasteiger partial charge in [0.15, 0.2) is 0 Å². The Balaban J connectivity index is 2.00. The van der Waals surface area contributed by atoms with Gasteiger partial charge in [-0.2, -0.15) is 0 Å². The first-order chi connectivity index (χ1) is 7.65. The molecule has 1 atom stereocenters. The van der Waals surface area contributed by atoms with Crippen molar-refractivity contribution in [2.75, 3.05) is 6.54 Å². The monoisotopic (exact) mass is 236 g/mol. The smallest absolute Gasteiger partial charge is 0.251 e. The van der Waals surface area contributed by atoms with E-state index in [1.54, 1.807) is 24.3 Å². The summed E-state index contributed by atoms with van der Waals surface area (Å²) < 4.78 is 0. The third-order valence-corrected chi connectivity index (χ3v) is 2.70. The average molecular weight is 236 g/mol. The second-order valence-electron chi connectivity index (χ2n) is 3.73. The van der Waals surface area contributed by atoms with E-state index in [0.29, 0.717) is 18.5 Å². The van der Waals surface area contributed by atoms with Crippen LogP contribution in [0.2, 0.25) is 0 Å². The maximum atomic E-state index is 11.8. The molecule has 2 N–H and O–H groups in total. The van der Waals surface area contributed by atoms with Crippen molar-refractivity contribution in [3.05, 3.63) is 29.8 Å². The second kappa shape index (κ2) is 4.57. The zero-order chi connectivity index (χ0) is 11.5. The standard InChI is InChI=1S/C11H12N2O2S/c14-10-5-8(6-12-10)13-11(15)7-2-1-3-9(16)4-7/h1-4,8,16H,5-6H2,(H,12,14)(H,13,15). The first-order valence-corrected chi connectivity index (χ1v) is 5.46. The number of thiol groups is 1. The van der Waals surface area contributed by atoms with Crippen LogP contribution >= 0.6 is 12.6 Å².